The van der Waals surface area contributed by atoms with Gasteiger partial charge in [-0.25, -0.2) is 9.97 Å². The molecular weight excluding hydrogens is 406 g/mol. The topological polar surface area (TPSA) is 94.9 Å². The van der Waals surface area contributed by atoms with Gasteiger partial charge in [0.1, 0.15) is 12.9 Å². The second-order valence-electron chi connectivity index (χ2n) is 7.99. The third kappa shape index (κ3) is 2.72. The number of imidazole rings is 1. The Morgan fingerprint density at radius 3 is 2.80 bits per heavy atom. The van der Waals surface area contributed by atoms with Gasteiger partial charge in [-0.15, -0.1) is 0 Å². The van der Waals surface area contributed by atoms with Gasteiger partial charge in [0, 0.05) is 36.8 Å². The summed E-state index contributed by atoms with van der Waals surface area (Å²) in [5.74, 6) is 2.49. The molecule has 152 valence electrons. The SMILES string of the molecule is Cn1cnc2ncn(Cc3nc(C4[C@H]5CN(c6cccc(Cl)c6)C[C@@H]45)no3)c(=O)c21. The number of nitrogens with zero attached hydrogens (tertiary/aromatic N) is 7. The lowest BCUT2D eigenvalue weighted by molar-refractivity contribution is 0.363. The summed E-state index contributed by atoms with van der Waals surface area (Å²) in [4.78, 5) is 27.9. The molecule has 10 heteroatoms. The number of fused-ring (bicyclic) bond motifs is 2. The molecule has 2 aliphatic rings. The maximum Gasteiger partial charge on any atom is 0.280 e. The maximum absolute atomic E-state index is 12.7. The van der Waals surface area contributed by atoms with Crippen molar-refractivity contribution in [2.45, 2.75) is 12.5 Å². The molecule has 2 fully saturated rings. The lowest BCUT2D eigenvalue weighted by atomic mass is 10.2. The molecule has 0 radical (unpaired) electrons. The summed E-state index contributed by atoms with van der Waals surface area (Å²) in [5.41, 5.74) is 1.86. The number of anilines is 1. The van der Waals surface area contributed by atoms with Crippen LogP contribution in [-0.4, -0.2) is 42.3 Å². The first-order valence-electron chi connectivity index (χ1n) is 9.78. The summed E-state index contributed by atoms with van der Waals surface area (Å²) in [7, 11) is 1.77. The number of piperidine rings is 1. The van der Waals surface area contributed by atoms with Gasteiger partial charge in [-0.2, -0.15) is 4.98 Å². The van der Waals surface area contributed by atoms with Crippen LogP contribution in [0, 0.1) is 11.8 Å². The van der Waals surface area contributed by atoms with Crippen molar-refractivity contribution >= 4 is 28.5 Å². The third-order valence-corrected chi connectivity index (χ3v) is 6.39. The summed E-state index contributed by atoms with van der Waals surface area (Å²) >= 11 is 6.12. The number of aryl methyl sites for hydroxylation is 1. The van der Waals surface area contributed by atoms with Crippen LogP contribution < -0.4 is 10.5 Å². The number of halogens is 1. The minimum Gasteiger partial charge on any atom is -0.371 e. The number of hydrogen-bond acceptors (Lipinski definition) is 7. The molecule has 1 unspecified atom stereocenters. The minimum atomic E-state index is -0.180. The van der Waals surface area contributed by atoms with Crippen molar-refractivity contribution < 1.29 is 4.52 Å². The Morgan fingerprint density at radius 2 is 2.00 bits per heavy atom. The van der Waals surface area contributed by atoms with Crippen LogP contribution in [0.25, 0.3) is 11.2 Å². The molecule has 4 heterocycles. The molecule has 1 saturated carbocycles. The van der Waals surface area contributed by atoms with Gasteiger partial charge in [0.05, 0.1) is 6.33 Å². The number of rotatable bonds is 4. The number of aromatic nitrogens is 6. The highest BCUT2D eigenvalue weighted by Crippen LogP contribution is 2.57. The largest absolute Gasteiger partial charge is 0.371 e. The summed E-state index contributed by atoms with van der Waals surface area (Å²) in [6, 6.07) is 7.95. The Hall–Kier alpha value is -3.20. The van der Waals surface area contributed by atoms with Gasteiger partial charge in [-0.05, 0) is 30.0 Å². The Kier molecular flexibility index (Phi) is 3.76. The zero-order valence-electron chi connectivity index (χ0n) is 16.1. The molecule has 30 heavy (non-hydrogen) atoms. The summed E-state index contributed by atoms with van der Waals surface area (Å²) in [5, 5.41) is 4.94. The van der Waals surface area contributed by atoms with E-state index in [2.05, 4.69) is 31.1 Å². The Morgan fingerprint density at radius 1 is 1.20 bits per heavy atom. The fraction of sp³-hybridized carbons (Fsp3) is 0.350. The first-order chi connectivity index (χ1) is 14.6. The van der Waals surface area contributed by atoms with Gasteiger partial charge in [-0.3, -0.25) is 9.36 Å². The van der Waals surface area contributed by atoms with Gasteiger partial charge < -0.3 is 14.0 Å². The lowest BCUT2D eigenvalue weighted by Gasteiger charge is -2.21. The molecule has 0 amide bonds. The quantitative estimate of drug-likeness (QED) is 0.495. The smallest absolute Gasteiger partial charge is 0.280 e. The molecule has 1 aromatic carbocycles. The minimum absolute atomic E-state index is 0.180. The molecule has 1 aliphatic carbocycles. The van der Waals surface area contributed by atoms with E-state index in [1.54, 1.807) is 17.9 Å². The molecule has 6 rings (SSSR count). The average Bonchev–Trinajstić information content (AvgIpc) is 3.16. The molecule has 0 N–H and O–H groups in total. The van der Waals surface area contributed by atoms with Crippen LogP contribution in [0.15, 0.2) is 46.2 Å². The summed E-state index contributed by atoms with van der Waals surface area (Å²) < 4.78 is 8.57. The molecule has 0 bridgehead atoms. The van der Waals surface area contributed by atoms with E-state index in [0.29, 0.717) is 34.8 Å². The van der Waals surface area contributed by atoms with Crippen molar-refractivity contribution in [2.24, 2.45) is 18.9 Å². The van der Waals surface area contributed by atoms with Crippen LogP contribution in [0.3, 0.4) is 0 Å². The number of benzene rings is 1. The van der Waals surface area contributed by atoms with E-state index in [1.807, 2.05) is 18.2 Å². The zero-order chi connectivity index (χ0) is 20.4. The van der Waals surface area contributed by atoms with Gasteiger partial charge in [0.25, 0.3) is 5.56 Å². The van der Waals surface area contributed by atoms with E-state index in [-0.39, 0.29) is 12.1 Å². The Bertz CT molecular complexity index is 1310. The van der Waals surface area contributed by atoms with Crippen molar-refractivity contribution in [1.29, 1.82) is 0 Å². The fourth-order valence-electron chi connectivity index (χ4n) is 4.59. The average molecular weight is 424 g/mol. The van der Waals surface area contributed by atoms with Crippen LogP contribution >= 0.6 is 11.6 Å². The zero-order valence-corrected chi connectivity index (χ0v) is 16.9. The van der Waals surface area contributed by atoms with Crippen molar-refractivity contribution in [3.05, 3.63) is 64.0 Å². The van der Waals surface area contributed by atoms with E-state index >= 15 is 0 Å². The summed E-state index contributed by atoms with van der Waals surface area (Å²) in [6.45, 7) is 2.11. The molecular formula is C20H18ClN7O2. The van der Waals surface area contributed by atoms with E-state index in [4.69, 9.17) is 16.1 Å². The van der Waals surface area contributed by atoms with Crippen LogP contribution in [0.1, 0.15) is 17.6 Å². The third-order valence-electron chi connectivity index (χ3n) is 6.16. The van der Waals surface area contributed by atoms with E-state index in [9.17, 15) is 4.79 Å². The summed E-state index contributed by atoms with van der Waals surface area (Å²) in [6.07, 6.45) is 3.04. The van der Waals surface area contributed by atoms with Gasteiger partial charge in [0.15, 0.2) is 17.0 Å². The van der Waals surface area contributed by atoms with Crippen LogP contribution in [-0.2, 0) is 13.6 Å². The lowest BCUT2D eigenvalue weighted by Crippen LogP contribution is -2.23. The predicted molar refractivity (Wildman–Crippen MR) is 110 cm³/mol. The monoisotopic (exact) mass is 423 g/mol. The first-order valence-corrected chi connectivity index (χ1v) is 10.2. The highest BCUT2D eigenvalue weighted by molar-refractivity contribution is 6.30. The van der Waals surface area contributed by atoms with Gasteiger partial charge in [-0.1, -0.05) is 22.8 Å². The van der Waals surface area contributed by atoms with Crippen molar-refractivity contribution in [2.75, 3.05) is 18.0 Å². The molecule has 4 aromatic rings. The second-order valence-corrected chi connectivity index (χ2v) is 8.43. The molecule has 3 atom stereocenters. The fourth-order valence-corrected chi connectivity index (χ4v) is 4.78. The molecule has 9 nitrogen and oxygen atoms in total. The van der Waals surface area contributed by atoms with E-state index < -0.39 is 0 Å². The normalized spacial score (nSPS) is 22.6. The first kappa shape index (κ1) is 17.6. The van der Waals surface area contributed by atoms with E-state index in [1.165, 1.54) is 10.9 Å². The van der Waals surface area contributed by atoms with Gasteiger partial charge in [0.2, 0.25) is 5.89 Å². The van der Waals surface area contributed by atoms with Crippen molar-refractivity contribution in [1.82, 2.24) is 29.2 Å². The molecule has 1 aliphatic heterocycles. The van der Waals surface area contributed by atoms with Gasteiger partial charge >= 0.3 is 0 Å². The van der Waals surface area contributed by atoms with Crippen LogP contribution in [0.2, 0.25) is 5.02 Å². The standard InChI is InChI=1S/C20H18ClN7O2/c1-26-9-22-19-17(26)20(29)28(10-23-19)8-15-24-18(25-30-15)16-13-6-27(7-14(13)16)12-4-2-3-11(21)5-12/h2-5,9-10,13-14,16H,6-8H2,1H3/t13-,14+,16?. The second kappa shape index (κ2) is 6.40. The van der Waals surface area contributed by atoms with Crippen LogP contribution in [0.4, 0.5) is 5.69 Å². The van der Waals surface area contributed by atoms with Crippen molar-refractivity contribution in [3.63, 3.8) is 0 Å². The highest BCUT2D eigenvalue weighted by atomic mass is 35.5. The van der Waals surface area contributed by atoms with Crippen LogP contribution in [0.5, 0.6) is 0 Å². The molecule has 0 spiro atoms. The highest BCUT2D eigenvalue weighted by Gasteiger charge is 2.58. The van der Waals surface area contributed by atoms with Crippen molar-refractivity contribution in [3.8, 4) is 0 Å². The Balaban J connectivity index is 1.17. The predicted octanol–water partition coefficient (Wildman–Crippen LogP) is 2.06. The van der Waals surface area contributed by atoms with E-state index in [0.717, 1.165) is 29.6 Å². The molecule has 1 saturated heterocycles. The maximum atomic E-state index is 12.7. The Labute approximate surface area is 175 Å². The number of hydrogen-bond donors (Lipinski definition) is 0. The molecule has 3 aromatic heterocycles.